The van der Waals surface area contributed by atoms with Crippen molar-refractivity contribution in [2.45, 2.75) is 26.2 Å². The van der Waals surface area contributed by atoms with E-state index >= 15 is 0 Å². The van der Waals surface area contributed by atoms with Gasteiger partial charge in [0, 0.05) is 0 Å². The van der Waals surface area contributed by atoms with E-state index in [9.17, 15) is 0 Å². The van der Waals surface area contributed by atoms with Crippen molar-refractivity contribution in [3.8, 4) is 0 Å². The summed E-state index contributed by atoms with van der Waals surface area (Å²) in [4.78, 5) is 0. The molecule has 0 saturated heterocycles. The van der Waals surface area contributed by atoms with E-state index in [4.69, 9.17) is 0 Å². The van der Waals surface area contributed by atoms with Crippen LogP contribution in [0.2, 0.25) is 0 Å². The van der Waals surface area contributed by atoms with E-state index < -0.39 is 0 Å². The minimum atomic E-state index is 1.21. The Morgan fingerprint density at radius 1 is 1.43 bits per heavy atom. The highest BCUT2D eigenvalue weighted by Gasteiger charge is 2.62. The second kappa shape index (κ2) is 1.04. The summed E-state index contributed by atoms with van der Waals surface area (Å²) in [6, 6.07) is 0. The van der Waals surface area contributed by atoms with Gasteiger partial charge in [0.1, 0.15) is 0 Å². The lowest BCUT2D eigenvalue weighted by Gasteiger charge is -1.95. The molecule has 0 heterocycles. The lowest BCUT2D eigenvalue weighted by atomic mass is 10.1. The van der Waals surface area contributed by atoms with Gasteiger partial charge >= 0.3 is 0 Å². The zero-order chi connectivity index (χ0) is 4.85. The fourth-order valence-corrected chi connectivity index (χ4v) is 1.68. The van der Waals surface area contributed by atoms with Crippen LogP contribution in [0.5, 0.6) is 0 Å². The predicted molar refractivity (Wildman–Crippen MR) is 30.0 cm³/mol. The van der Waals surface area contributed by atoms with Gasteiger partial charge in [-0.1, -0.05) is 19.8 Å². The lowest BCUT2D eigenvalue weighted by Crippen LogP contribution is -1.84. The van der Waals surface area contributed by atoms with Gasteiger partial charge in [0.25, 0.3) is 0 Å². The van der Waals surface area contributed by atoms with Crippen molar-refractivity contribution >= 4 is 0 Å². The highest BCUT2D eigenvalue weighted by Crippen LogP contribution is 2.69. The molecule has 40 valence electrons. The van der Waals surface area contributed by atoms with Gasteiger partial charge in [-0.25, -0.2) is 0 Å². The third-order valence-electron chi connectivity index (χ3n) is 2.47. The fourth-order valence-electron chi connectivity index (χ4n) is 1.68. The average Bonchev–Trinajstić information content (AvgIpc) is 2.41. The zero-order valence-corrected chi connectivity index (χ0v) is 4.85. The van der Waals surface area contributed by atoms with E-state index in [0.29, 0.717) is 0 Å². The van der Waals surface area contributed by atoms with Gasteiger partial charge in [0.05, 0.1) is 0 Å². The molecule has 0 nitrogen and oxygen atoms in total. The first-order valence-corrected chi connectivity index (χ1v) is 3.43. The van der Waals surface area contributed by atoms with Gasteiger partial charge in [0.2, 0.25) is 0 Å². The third kappa shape index (κ3) is 0.427. The van der Waals surface area contributed by atoms with Crippen LogP contribution in [0.15, 0.2) is 0 Å². The maximum atomic E-state index is 2.29. The monoisotopic (exact) mass is 96.1 g/mol. The third-order valence-corrected chi connectivity index (χ3v) is 2.47. The molecule has 0 radical (unpaired) electrons. The Morgan fingerprint density at radius 2 is 2.14 bits per heavy atom. The van der Waals surface area contributed by atoms with E-state index in [1.165, 1.54) is 30.6 Å². The highest BCUT2D eigenvalue weighted by atomic mass is 14.7. The van der Waals surface area contributed by atoms with Gasteiger partial charge in [-0.15, -0.1) is 0 Å². The van der Waals surface area contributed by atoms with Crippen molar-refractivity contribution in [2.24, 2.45) is 17.8 Å². The van der Waals surface area contributed by atoms with Crippen LogP contribution in [-0.2, 0) is 0 Å². The Balaban J connectivity index is 1.73. The minimum absolute atomic E-state index is 1.21. The van der Waals surface area contributed by atoms with Gasteiger partial charge < -0.3 is 0 Å². The normalized spacial score (nSPS) is 53.6. The molecule has 2 unspecified atom stereocenters. The molecular weight excluding hydrogens is 84.1 g/mol. The van der Waals surface area contributed by atoms with Crippen LogP contribution >= 0.6 is 0 Å². The standard InChI is InChI=1S/C7H12/c1-2-3-5-6-4-7(5)6/h5-7H,2-4H2,1H3. The summed E-state index contributed by atoms with van der Waals surface area (Å²) in [6.45, 7) is 2.29. The lowest BCUT2D eigenvalue weighted by molar-refractivity contribution is 0.555. The number of hydrogen-bond donors (Lipinski definition) is 0. The molecule has 2 aliphatic rings. The molecule has 2 rings (SSSR count). The summed E-state index contributed by atoms with van der Waals surface area (Å²) in [5.41, 5.74) is 0. The maximum Gasteiger partial charge on any atom is -0.0349 e. The molecule has 2 atom stereocenters. The molecular formula is C7H12. The first-order valence-electron chi connectivity index (χ1n) is 3.43. The summed E-state index contributed by atoms with van der Waals surface area (Å²) < 4.78 is 0. The molecule has 2 aliphatic carbocycles. The molecule has 0 aromatic heterocycles. The molecule has 0 bridgehead atoms. The molecule has 2 saturated carbocycles. The van der Waals surface area contributed by atoms with E-state index in [1.807, 2.05) is 0 Å². The van der Waals surface area contributed by atoms with Crippen molar-refractivity contribution < 1.29 is 0 Å². The maximum absolute atomic E-state index is 2.29. The second-order valence-electron chi connectivity index (χ2n) is 3.02. The van der Waals surface area contributed by atoms with Crippen LogP contribution < -0.4 is 0 Å². The van der Waals surface area contributed by atoms with Crippen molar-refractivity contribution in [1.82, 2.24) is 0 Å². The molecule has 0 amide bonds. The summed E-state index contributed by atoms with van der Waals surface area (Å²) in [7, 11) is 0. The van der Waals surface area contributed by atoms with Gasteiger partial charge in [-0.3, -0.25) is 0 Å². The quantitative estimate of drug-likeness (QED) is 0.493. The van der Waals surface area contributed by atoms with Gasteiger partial charge in [-0.2, -0.15) is 0 Å². The largest absolute Gasteiger partial charge is 0.0654 e. The SMILES string of the molecule is CCCC1C2CC12. The summed E-state index contributed by atoms with van der Waals surface area (Å²) in [6.07, 6.45) is 4.53. The topological polar surface area (TPSA) is 0 Å². The molecule has 0 heteroatoms. The summed E-state index contributed by atoms with van der Waals surface area (Å²) >= 11 is 0. The van der Waals surface area contributed by atoms with Gasteiger partial charge in [0.15, 0.2) is 0 Å². The Morgan fingerprint density at radius 3 is 2.29 bits per heavy atom. The Hall–Kier alpha value is 0. The Labute approximate surface area is 44.9 Å². The van der Waals surface area contributed by atoms with Crippen LogP contribution in [0.1, 0.15) is 26.2 Å². The van der Waals surface area contributed by atoms with Crippen molar-refractivity contribution in [3.05, 3.63) is 0 Å². The Kier molecular flexibility index (Phi) is 0.586. The van der Waals surface area contributed by atoms with E-state index in [-0.39, 0.29) is 0 Å². The van der Waals surface area contributed by atoms with E-state index in [0.717, 1.165) is 0 Å². The molecule has 0 aromatic rings. The van der Waals surface area contributed by atoms with Gasteiger partial charge in [-0.05, 0) is 24.2 Å². The van der Waals surface area contributed by atoms with E-state index in [2.05, 4.69) is 6.92 Å². The molecule has 0 spiro atoms. The molecule has 2 fully saturated rings. The molecule has 0 aromatic carbocycles. The fraction of sp³-hybridized carbons (Fsp3) is 1.00. The van der Waals surface area contributed by atoms with Crippen molar-refractivity contribution in [3.63, 3.8) is 0 Å². The van der Waals surface area contributed by atoms with Crippen LogP contribution in [0.25, 0.3) is 0 Å². The molecule has 0 aliphatic heterocycles. The van der Waals surface area contributed by atoms with Crippen molar-refractivity contribution in [2.75, 3.05) is 0 Å². The number of fused-ring (bicyclic) bond motifs is 1. The average molecular weight is 96.2 g/mol. The Bertz CT molecular complexity index is 78.0. The van der Waals surface area contributed by atoms with Crippen LogP contribution in [0.3, 0.4) is 0 Å². The zero-order valence-electron chi connectivity index (χ0n) is 4.85. The van der Waals surface area contributed by atoms with E-state index in [1.54, 1.807) is 6.42 Å². The van der Waals surface area contributed by atoms with Crippen molar-refractivity contribution in [1.29, 1.82) is 0 Å². The molecule has 0 N–H and O–H groups in total. The second-order valence-corrected chi connectivity index (χ2v) is 3.02. The predicted octanol–water partition coefficient (Wildman–Crippen LogP) is 2.05. The summed E-state index contributed by atoms with van der Waals surface area (Å²) in [5, 5.41) is 0. The molecule has 7 heavy (non-hydrogen) atoms. The number of rotatable bonds is 2. The first kappa shape index (κ1) is 3.94. The highest BCUT2D eigenvalue weighted by molar-refractivity contribution is 5.11. The number of hydrogen-bond acceptors (Lipinski definition) is 0. The first-order chi connectivity index (χ1) is 3.43. The minimum Gasteiger partial charge on any atom is -0.0654 e. The summed E-state index contributed by atoms with van der Waals surface area (Å²) in [5.74, 6) is 3.69. The van der Waals surface area contributed by atoms with Crippen LogP contribution in [0, 0.1) is 17.8 Å². The van der Waals surface area contributed by atoms with Crippen LogP contribution in [0.4, 0.5) is 0 Å². The van der Waals surface area contributed by atoms with Crippen LogP contribution in [-0.4, -0.2) is 0 Å². The smallest absolute Gasteiger partial charge is 0.0349 e.